The van der Waals surface area contributed by atoms with E-state index in [9.17, 15) is 13.2 Å². The van der Waals surface area contributed by atoms with Crippen LogP contribution in [0, 0.1) is 17.8 Å². The quantitative estimate of drug-likeness (QED) is 0.391. The molecular weight excluding hydrogens is 506 g/mol. The Hall–Kier alpha value is -3.16. The zero-order valence-corrected chi connectivity index (χ0v) is 22.9. The van der Waals surface area contributed by atoms with E-state index in [0.29, 0.717) is 48.1 Å². The molecule has 7 rings (SSSR count). The number of hydrogen-bond acceptors (Lipinski definition) is 4. The van der Waals surface area contributed by atoms with Crippen molar-refractivity contribution in [3.63, 3.8) is 0 Å². The Morgan fingerprint density at radius 3 is 2.38 bits per heavy atom. The number of sulfonamides is 1. The van der Waals surface area contributed by atoms with Crippen LogP contribution in [0.2, 0.25) is 0 Å². The fourth-order valence-electron chi connectivity index (χ4n) is 7.79. The number of carbonyl (C=O) groups excluding carboxylic acids is 1. The topological polar surface area (TPSA) is 78.5 Å². The molecule has 2 aliphatic carbocycles. The van der Waals surface area contributed by atoms with Crippen molar-refractivity contribution in [3.05, 3.63) is 89.5 Å². The van der Waals surface area contributed by atoms with E-state index >= 15 is 0 Å². The predicted molar refractivity (Wildman–Crippen MR) is 153 cm³/mol. The molecule has 5 atom stereocenters. The molecule has 0 unspecified atom stereocenters. The maximum atomic E-state index is 13.3. The van der Waals surface area contributed by atoms with Crippen LogP contribution in [0.25, 0.3) is 0 Å². The van der Waals surface area contributed by atoms with Crippen molar-refractivity contribution >= 4 is 27.3 Å². The van der Waals surface area contributed by atoms with Gasteiger partial charge in [0.2, 0.25) is 10.0 Å². The van der Waals surface area contributed by atoms with Crippen LogP contribution < -0.4 is 10.6 Å². The van der Waals surface area contributed by atoms with E-state index in [4.69, 9.17) is 0 Å². The van der Waals surface area contributed by atoms with Crippen LogP contribution in [0.3, 0.4) is 0 Å². The number of anilines is 2. The van der Waals surface area contributed by atoms with Gasteiger partial charge in [0.05, 0.1) is 10.9 Å². The zero-order chi connectivity index (χ0) is 26.6. The summed E-state index contributed by atoms with van der Waals surface area (Å²) in [6, 6.07) is 23.7. The minimum Gasteiger partial charge on any atom is -0.378 e. The van der Waals surface area contributed by atoms with Crippen molar-refractivity contribution in [1.29, 1.82) is 0 Å². The van der Waals surface area contributed by atoms with Gasteiger partial charge < -0.3 is 10.6 Å². The van der Waals surface area contributed by atoms with Crippen molar-refractivity contribution in [2.45, 2.75) is 55.4 Å². The minimum absolute atomic E-state index is 0.172. The molecule has 2 aliphatic heterocycles. The molecule has 0 radical (unpaired) electrons. The summed E-state index contributed by atoms with van der Waals surface area (Å²) in [5, 5.41) is 6.82. The summed E-state index contributed by atoms with van der Waals surface area (Å²) in [5.74, 6) is 2.25. The summed E-state index contributed by atoms with van der Waals surface area (Å²) < 4.78 is 27.5. The van der Waals surface area contributed by atoms with Gasteiger partial charge in [0.25, 0.3) is 5.91 Å². The highest BCUT2D eigenvalue weighted by molar-refractivity contribution is 7.89. The Morgan fingerprint density at radius 2 is 1.62 bits per heavy atom. The summed E-state index contributed by atoms with van der Waals surface area (Å²) in [5.41, 5.74) is 4.99. The number of piperidine rings is 1. The lowest BCUT2D eigenvalue weighted by atomic mass is 9.68. The molecule has 2 heterocycles. The van der Waals surface area contributed by atoms with Crippen LogP contribution in [0.1, 0.15) is 72.0 Å². The largest absolute Gasteiger partial charge is 0.378 e. The van der Waals surface area contributed by atoms with Gasteiger partial charge in [-0.1, -0.05) is 36.8 Å². The lowest BCUT2D eigenvalue weighted by Crippen LogP contribution is -2.35. The first kappa shape index (κ1) is 24.9. The zero-order valence-electron chi connectivity index (χ0n) is 22.1. The molecule has 0 spiro atoms. The molecule has 202 valence electrons. The molecule has 2 saturated carbocycles. The Labute approximate surface area is 230 Å². The van der Waals surface area contributed by atoms with E-state index in [1.54, 1.807) is 28.6 Å². The number of nitrogens with one attached hydrogen (secondary N) is 2. The minimum atomic E-state index is -3.49. The van der Waals surface area contributed by atoms with E-state index in [2.05, 4.69) is 53.1 Å². The molecule has 1 amide bonds. The summed E-state index contributed by atoms with van der Waals surface area (Å²) >= 11 is 0. The van der Waals surface area contributed by atoms with Gasteiger partial charge in [-0.05, 0) is 109 Å². The number of fused-ring (bicyclic) bond motifs is 7. The van der Waals surface area contributed by atoms with Gasteiger partial charge >= 0.3 is 0 Å². The Morgan fingerprint density at radius 1 is 0.872 bits per heavy atom. The molecule has 6 nitrogen and oxygen atoms in total. The molecule has 1 saturated heterocycles. The van der Waals surface area contributed by atoms with E-state index in [0.717, 1.165) is 30.9 Å². The average Bonchev–Trinajstić information content (AvgIpc) is 3.61. The number of rotatable bonds is 5. The highest BCUT2D eigenvalue weighted by atomic mass is 32.2. The van der Waals surface area contributed by atoms with E-state index in [1.807, 2.05) is 6.07 Å². The van der Waals surface area contributed by atoms with Crippen LogP contribution in [0.15, 0.2) is 77.7 Å². The summed E-state index contributed by atoms with van der Waals surface area (Å²) in [7, 11) is -3.49. The third-order valence-corrected chi connectivity index (χ3v) is 11.5. The van der Waals surface area contributed by atoms with Gasteiger partial charge in [0.1, 0.15) is 0 Å². The molecule has 2 bridgehead atoms. The summed E-state index contributed by atoms with van der Waals surface area (Å²) in [6.45, 7) is 1.15. The van der Waals surface area contributed by atoms with Crippen molar-refractivity contribution in [1.82, 2.24) is 4.31 Å². The summed E-state index contributed by atoms with van der Waals surface area (Å²) in [4.78, 5) is 13.6. The number of amides is 1. The van der Waals surface area contributed by atoms with E-state index in [-0.39, 0.29) is 10.8 Å². The van der Waals surface area contributed by atoms with E-state index < -0.39 is 10.0 Å². The molecule has 2 N–H and O–H groups in total. The molecule has 3 aromatic rings. The first-order valence-corrected chi connectivity index (χ1v) is 15.8. The van der Waals surface area contributed by atoms with E-state index in [1.165, 1.54) is 30.4 Å². The fraction of sp³-hybridized carbons (Fsp3) is 0.406. The Balaban J connectivity index is 1.12. The highest BCUT2D eigenvalue weighted by Crippen LogP contribution is 2.63. The lowest BCUT2D eigenvalue weighted by Gasteiger charge is -2.43. The van der Waals surface area contributed by atoms with Crippen molar-refractivity contribution in [3.8, 4) is 0 Å². The normalized spacial score (nSPS) is 27.8. The van der Waals surface area contributed by atoms with Gasteiger partial charge in [-0.25, -0.2) is 8.42 Å². The smallest absolute Gasteiger partial charge is 0.255 e. The second-order valence-electron chi connectivity index (χ2n) is 11.7. The van der Waals surface area contributed by atoms with Crippen molar-refractivity contribution < 1.29 is 13.2 Å². The SMILES string of the molecule is O=C(Nc1ccc(S(=O)(=O)N2CCCCC2)cc1)c1ccc2c(c1)[C@@H]1[C@H]3CC[C@@H](C3)[C@H]1[C@H](c1ccccc1)N2. The van der Waals surface area contributed by atoms with Crippen LogP contribution in [0.5, 0.6) is 0 Å². The molecule has 39 heavy (non-hydrogen) atoms. The van der Waals surface area contributed by atoms with Crippen molar-refractivity contribution in [2.24, 2.45) is 17.8 Å². The van der Waals surface area contributed by atoms with Crippen LogP contribution in [-0.2, 0) is 10.0 Å². The highest BCUT2D eigenvalue weighted by Gasteiger charge is 2.53. The molecule has 3 fully saturated rings. The number of benzene rings is 3. The fourth-order valence-corrected chi connectivity index (χ4v) is 9.30. The maximum Gasteiger partial charge on any atom is 0.255 e. The second-order valence-corrected chi connectivity index (χ2v) is 13.7. The second kappa shape index (κ2) is 9.79. The Bertz CT molecular complexity index is 1480. The average molecular weight is 542 g/mol. The van der Waals surface area contributed by atoms with Gasteiger partial charge in [-0.2, -0.15) is 4.31 Å². The van der Waals surface area contributed by atoms with Gasteiger partial charge in [-0.3, -0.25) is 4.79 Å². The molecular formula is C32H35N3O3S. The van der Waals surface area contributed by atoms with Gasteiger partial charge in [0.15, 0.2) is 0 Å². The standard InChI is InChI=1S/C32H35N3O3S/c36-32(33-25-12-14-26(15-13-25)39(37,38)35-17-5-2-6-18-35)24-11-16-28-27(20-24)29-22-9-10-23(19-22)30(29)31(34-28)21-7-3-1-4-8-21/h1,3-4,7-8,11-16,20,22-23,29-31,34H,2,5-6,9-10,17-19H2,(H,33,36)/t22-,23-,29-,30+,31-/m0/s1. The van der Waals surface area contributed by atoms with Gasteiger partial charge in [0, 0.05) is 30.0 Å². The van der Waals surface area contributed by atoms with Crippen LogP contribution in [0.4, 0.5) is 11.4 Å². The summed E-state index contributed by atoms with van der Waals surface area (Å²) in [6.07, 6.45) is 6.74. The molecule has 4 aliphatic rings. The Kier molecular flexibility index (Phi) is 6.24. The maximum absolute atomic E-state index is 13.3. The molecule has 3 aromatic carbocycles. The first-order chi connectivity index (χ1) is 19.0. The lowest BCUT2D eigenvalue weighted by molar-refractivity contribution is 0.102. The van der Waals surface area contributed by atoms with Gasteiger partial charge in [-0.15, -0.1) is 0 Å². The number of carbonyl (C=O) groups is 1. The third-order valence-electron chi connectivity index (χ3n) is 9.57. The van der Waals surface area contributed by atoms with Crippen LogP contribution in [-0.4, -0.2) is 31.7 Å². The van der Waals surface area contributed by atoms with Crippen molar-refractivity contribution in [2.75, 3.05) is 23.7 Å². The molecule has 7 heteroatoms. The first-order valence-electron chi connectivity index (χ1n) is 14.4. The monoisotopic (exact) mass is 541 g/mol. The predicted octanol–water partition coefficient (Wildman–Crippen LogP) is 6.41. The third kappa shape index (κ3) is 4.36. The van der Waals surface area contributed by atoms with Crippen LogP contribution >= 0.6 is 0 Å². The number of hydrogen-bond donors (Lipinski definition) is 2. The molecule has 0 aromatic heterocycles. The number of nitrogens with zero attached hydrogens (tertiary/aromatic N) is 1.